The number of nitrogens with one attached hydrogen (secondary N) is 2. The standard InChI is InChI=1S/C17H22N4O2/c1-12-3-5-14(6-4-12)21-13(2)9-15(20-21)19-16(23)18-10-17(11-22)7-8-17/h3-6,9,22H,7-8,10-11H2,1-2H3,(H2,18,19,20,23). The molecule has 2 aromatic rings. The number of carbonyl (C=O) groups excluding carboxylic acids is 1. The first-order chi connectivity index (χ1) is 11.0. The smallest absolute Gasteiger partial charge is 0.320 e. The molecule has 0 aliphatic heterocycles. The normalized spacial score (nSPS) is 15.3. The molecule has 6 nitrogen and oxygen atoms in total. The minimum Gasteiger partial charge on any atom is -0.396 e. The van der Waals surface area contributed by atoms with Gasteiger partial charge in [0, 0.05) is 23.7 Å². The lowest BCUT2D eigenvalue weighted by molar-refractivity contribution is 0.206. The van der Waals surface area contributed by atoms with Gasteiger partial charge in [-0.1, -0.05) is 17.7 Å². The number of aryl methyl sites for hydroxylation is 2. The Balaban J connectivity index is 1.64. The third kappa shape index (κ3) is 3.53. The Hall–Kier alpha value is -2.34. The van der Waals surface area contributed by atoms with E-state index in [0.29, 0.717) is 12.4 Å². The van der Waals surface area contributed by atoms with E-state index in [4.69, 9.17) is 0 Å². The summed E-state index contributed by atoms with van der Waals surface area (Å²) in [6.07, 6.45) is 1.93. The summed E-state index contributed by atoms with van der Waals surface area (Å²) < 4.78 is 1.80. The number of carbonyl (C=O) groups is 1. The Bertz CT molecular complexity index is 702. The zero-order valence-corrected chi connectivity index (χ0v) is 13.5. The largest absolute Gasteiger partial charge is 0.396 e. The minimum atomic E-state index is -0.293. The molecule has 6 heteroatoms. The fourth-order valence-corrected chi connectivity index (χ4v) is 2.48. The van der Waals surface area contributed by atoms with E-state index in [-0.39, 0.29) is 18.1 Å². The predicted octanol–water partition coefficient (Wildman–Crippen LogP) is 2.38. The number of nitrogens with zero attached hydrogens (tertiary/aromatic N) is 2. The van der Waals surface area contributed by atoms with Crippen LogP contribution in [-0.4, -0.2) is 34.1 Å². The van der Waals surface area contributed by atoms with E-state index in [2.05, 4.69) is 15.7 Å². The van der Waals surface area contributed by atoms with Crippen molar-refractivity contribution in [2.75, 3.05) is 18.5 Å². The number of aliphatic hydroxyl groups is 1. The van der Waals surface area contributed by atoms with Gasteiger partial charge in [-0.05, 0) is 38.8 Å². The summed E-state index contributed by atoms with van der Waals surface area (Å²) in [6, 6.07) is 9.59. The van der Waals surface area contributed by atoms with Gasteiger partial charge in [-0.2, -0.15) is 0 Å². The lowest BCUT2D eigenvalue weighted by Gasteiger charge is -2.12. The second-order valence-corrected chi connectivity index (χ2v) is 6.38. The summed E-state index contributed by atoms with van der Waals surface area (Å²) >= 11 is 0. The SMILES string of the molecule is Cc1ccc(-n2nc(NC(=O)NCC3(CO)CC3)cc2C)cc1. The number of hydrogen-bond donors (Lipinski definition) is 3. The number of rotatable bonds is 5. The van der Waals surface area contributed by atoms with E-state index in [0.717, 1.165) is 24.2 Å². The van der Waals surface area contributed by atoms with E-state index < -0.39 is 0 Å². The fraction of sp³-hybridized carbons (Fsp3) is 0.412. The zero-order valence-electron chi connectivity index (χ0n) is 13.5. The highest BCUT2D eigenvalue weighted by Crippen LogP contribution is 2.44. The summed E-state index contributed by atoms with van der Waals surface area (Å²) in [5.41, 5.74) is 2.99. The molecule has 122 valence electrons. The van der Waals surface area contributed by atoms with E-state index >= 15 is 0 Å². The van der Waals surface area contributed by atoms with Crippen molar-refractivity contribution in [2.24, 2.45) is 5.41 Å². The molecule has 1 aromatic carbocycles. The highest BCUT2D eigenvalue weighted by molar-refractivity contribution is 5.88. The molecule has 3 N–H and O–H groups in total. The summed E-state index contributed by atoms with van der Waals surface area (Å²) in [5, 5.41) is 19.2. The first kappa shape index (κ1) is 15.6. The molecular weight excluding hydrogens is 292 g/mol. The number of hydrogen-bond acceptors (Lipinski definition) is 3. The van der Waals surface area contributed by atoms with Crippen molar-refractivity contribution in [3.05, 3.63) is 41.6 Å². The third-order valence-electron chi connectivity index (χ3n) is 4.32. The van der Waals surface area contributed by atoms with Crippen molar-refractivity contribution in [2.45, 2.75) is 26.7 Å². The molecule has 1 heterocycles. The van der Waals surface area contributed by atoms with Crippen LogP contribution in [0.15, 0.2) is 30.3 Å². The summed E-state index contributed by atoms with van der Waals surface area (Å²) in [5.74, 6) is 0.509. The third-order valence-corrected chi connectivity index (χ3v) is 4.32. The molecule has 1 saturated carbocycles. The molecule has 0 unspecified atom stereocenters. The Morgan fingerprint density at radius 1 is 1.30 bits per heavy atom. The number of aromatic nitrogens is 2. The fourth-order valence-electron chi connectivity index (χ4n) is 2.48. The van der Waals surface area contributed by atoms with Gasteiger partial charge in [-0.3, -0.25) is 5.32 Å². The van der Waals surface area contributed by atoms with Crippen molar-refractivity contribution in [3.63, 3.8) is 0 Å². The van der Waals surface area contributed by atoms with Crippen LogP contribution in [0.3, 0.4) is 0 Å². The lowest BCUT2D eigenvalue weighted by atomic mass is 10.1. The molecule has 23 heavy (non-hydrogen) atoms. The van der Waals surface area contributed by atoms with Crippen LogP contribution in [0.4, 0.5) is 10.6 Å². The van der Waals surface area contributed by atoms with Crippen molar-refractivity contribution in [3.8, 4) is 5.69 Å². The summed E-state index contributed by atoms with van der Waals surface area (Å²) in [6.45, 7) is 4.60. The van der Waals surface area contributed by atoms with Gasteiger partial charge in [0.05, 0.1) is 12.3 Å². The molecule has 0 atom stereocenters. The molecule has 2 amide bonds. The minimum absolute atomic E-state index is 0.103. The van der Waals surface area contributed by atoms with Gasteiger partial charge in [0.25, 0.3) is 0 Å². The number of aliphatic hydroxyl groups excluding tert-OH is 1. The van der Waals surface area contributed by atoms with Crippen LogP contribution in [0.25, 0.3) is 5.69 Å². The maximum atomic E-state index is 12.0. The second-order valence-electron chi connectivity index (χ2n) is 6.38. The van der Waals surface area contributed by atoms with Crippen molar-refractivity contribution < 1.29 is 9.90 Å². The van der Waals surface area contributed by atoms with Gasteiger partial charge in [-0.25, -0.2) is 9.48 Å². The predicted molar refractivity (Wildman–Crippen MR) is 88.8 cm³/mol. The zero-order chi connectivity index (χ0) is 16.4. The van der Waals surface area contributed by atoms with Crippen LogP contribution in [0, 0.1) is 19.3 Å². The molecule has 0 radical (unpaired) electrons. The van der Waals surface area contributed by atoms with Gasteiger partial charge in [-0.15, -0.1) is 5.10 Å². The molecule has 0 spiro atoms. The molecule has 1 aliphatic rings. The molecule has 1 aromatic heterocycles. The average molecular weight is 314 g/mol. The van der Waals surface area contributed by atoms with E-state index in [9.17, 15) is 9.90 Å². The maximum Gasteiger partial charge on any atom is 0.320 e. The molecular formula is C17H22N4O2. The van der Waals surface area contributed by atoms with Crippen molar-refractivity contribution in [1.82, 2.24) is 15.1 Å². The lowest BCUT2D eigenvalue weighted by Crippen LogP contribution is -2.35. The Morgan fingerprint density at radius 3 is 2.61 bits per heavy atom. The highest BCUT2D eigenvalue weighted by atomic mass is 16.3. The number of amides is 2. The summed E-state index contributed by atoms with van der Waals surface area (Å²) in [7, 11) is 0. The van der Waals surface area contributed by atoms with Crippen LogP contribution in [-0.2, 0) is 0 Å². The molecule has 1 aliphatic carbocycles. The number of benzene rings is 1. The van der Waals surface area contributed by atoms with Crippen molar-refractivity contribution >= 4 is 11.8 Å². The average Bonchev–Trinajstić information content (AvgIpc) is 3.24. The molecule has 1 fully saturated rings. The van der Waals surface area contributed by atoms with E-state index in [1.54, 1.807) is 4.68 Å². The van der Waals surface area contributed by atoms with E-state index in [1.165, 1.54) is 5.56 Å². The first-order valence-corrected chi connectivity index (χ1v) is 7.81. The topological polar surface area (TPSA) is 79.2 Å². The van der Waals surface area contributed by atoms with Gasteiger partial charge < -0.3 is 10.4 Å². The number of anilines is 1. The van der Waals surface area contributed by atoms with Gasteiger partial charge >= 0.3 is 6.03 Å². The van der Waals surface area contributed by atoms with E-state index in [1.807, 2.05) is 44.2 Å². The van der Waals surface area contributed by atoms with Gasteiger partial charge in [0.1, 0.15) is 0 Å². The Labute approximate surface area is 135 Å². The maximum absolute atomic E-state index is 12.0. The van der Waals surface area contributed by atoms with Crippen LogP contribution >= 0.6 is 0 Å². The molecule has 0 bridgehead atoms. The first-order valence-electron chi connectivity index (χ1n) is 7.81. The van der Waals surface area contributed by atoms with Crippen LogP contribution < -0.4 is 10.6 Å². The molecule has 3 rings (SSSR count). The highest BCUT2D eigenvalue weighted by Gasteiger charge is 2.42. The Kier molecular flexibility index (Phi) is 4.09. The summed E-state index contributed by atoms with van der Waals surface area (Å²) in [4.78, 5) is 12.0. The van der Waals surface area contributed by atoms with Gasteiger partial charge in [0.2, 0.25) is 0 Å². The quantitative estimate of drug-likeness (QED) is 0.793. The van der Waals surface area contributed by atoms with Crippen molar-refractivity contribution in [1.29, 1.82) is 0 Å². The van der Waals surface area contributed by atoms with Crippen LogP contribution in [0.5, 0.6) is 0 Å². The number of urea groups is 1. The van der Waals surface area contributed by atoms with Crippen LogP contribution in [0.1, 0.15) is 24.1 Å². The van der Waals surface area contributed by atoms with Crippen LogP contribution in [0.2, 0.25) is 0 Å². The van der Waals surface area contributed by atoms with Gasteiger partial charge in [0.15, 0.2) is 5.82 Å². The monoisotopic (exact) mass is 314 g/mol. The molecule has 0 saturated heterocycles. The second kappa shape index (κ2) is 6.04. The Morgan fingerprint density at radius 2 is 2.00 bits per heavy atom.